The minimum absolute atomic E-state index is 0.0595. The Morgan fingerprint density at radius 3 is 2.45 bits per heavy atom. The van der Waals surface area contributed by atoms with E-state index in [-0.39, 0.29) is 23.7 Å². The first-order valence-corrected chi connectivity index (χ1v) is 6.39. The Kier molecular flexibility index (Phi) is 3.58. The lowest BCUT2D eigenvalue weighted by atomic mass is 10.1. The molecule has 0 aliphatic carbocycles. The number of rotatable bonds is 4. The zero-order valence-electron chi connectivity index (χ0n) is 11.9. The van der Waals surface area contributed by atoms with Gasteiger partial charge in [-0.15, -0.1) is 10.2 Å². The van der Waals surface area contributed by atoms with Crippen molar-refractivity contribution in [2.24, 2.45) is 0 Å². The van der Waals surface area contributed by atoms with Crippen molar-refractivity contribution in [3.8, 4) is 11.8 Å². The summed E-state index contributed by atoms with van der Waals surface area (Å²) in [6, 6.07) is 3.71. The molecule has 0 saturated heterocycles. The fourth-order valence-corrected chi connectivity index (χ4v) is 2.11. The van der Waals surface area contributed by atoms with Gasteiger partial charge in [-0.25, -0.2) is 8.78 Å². The van der Waals surface area contributed by atoms with Crippen LogP contribution >= 0.6 is 0 Å². The van der Waals surface area contributed by atoms with E-state index in [2.05, 4.69) is 15.2 Å². The van der Waals surface area contributed by atoms with Crippen LogP contribution in [0.15, 0.2) is 24.4 Å². The molecular weight excluding hydrogens is 294 g/mol. The van der Waals surface area contributed by atoms with E-state index >= 15 is 0 Å². The lowest BCUT2D eigenvalue weighted by molar-refractivity contribution is 0.363. The van der Waals surface area contributed by atoms with Crippen LogP contribution in [-0.2, 0) is 6.42 Å². The summed E-state index contributed by atoms with van der Waals surface area (Å²) in [7, 11) is 2.89. The van der Waals surface area contributed by atoms with E-state index in [1.807, 2.05) is 0 Å². The van der Waals surface area contributed by atoms with Gasteiger partial charge < -0.3 is 9.47 Å². The van der Waals surface area contributed by atoms with E-state index in [0.29, 0.717) is 11.5 Å². The van der Waals surface area contributed by atoms with Gasteiger partial charge in [-0.2, -0.15) is 4.98 Å². The van der Waals surface area contributed by atoms with Crippen LogP contribution in [0.1, 0.15) is 11.4 Å². The van der Waals surface area contributed by atoms with E-state index in [1.54, 1.807) is 0 Å². The first-order chi connectivity index (χ1) is 10.6. The molecule has 0 bridgehead atoms. The third-order valence-corrected chi connectivity index (χ3v) is 3.21. The van der Waals surface area contributed by atoms with E-state index in [1.165, 1.54) is 43.0 Å². The Morgan fingerprint density at radius 1 is 1.09 bits per heavy atom. The molecule has 3 aromatic rings. The summed E-state index contributed by atoms with van der Waals surface area (Å²) in [5, 5.41) is 7.91. The molecule has 0 N–H and O–H groups in total. The summed E-state index contributed by atoms with van der Waals surface area (Å²) in [5.41, 5.74) is 0.265. The van der Waals surface area contributed by atoms with Crippen molar-refractivity contribution >= 4 is 5.65 Å². The summed E-state index contributed by atoms with van der Waals surface area (Å²) < 4.78 is 39.3. The lowest BCUT2D eigenvalue weighted by Crippen LogP contribution is -2.03. The zero-order chi connectivity index (χ0) is 15.7. The van der Waals surface area contributed by atoms with Crippen molar-refractivity contribution in [2.75, 3.05) is 14.2 Å². The monoisotopic (exact) mass is 306 g/mol. The average molecular weight is 306 g/mol. The quantitative estimate of drug-likeness (QED) is 0.738. The van der Waals surface area contributed by atoms with Gasteiger partial charge in [0.1, 0.15) is 17.5 Å². The van der Waals surface area contributed by atoms with Crippen molar-refractivity contribution in [3.63, 3.8) is 0 Å². The lowest BCUT2D eigenvalue weighted by Gasteiger charge is -2.07. The van der Waals surface area contributed by atoms with Gasteiger partial charge in [-0.05, 0) is 12.1 Å². The molecule has 0 unspecified atom stereocenters. The Balaban J connectivity index is 2.12. The number of benzene rings is 1. The zero-order valence-corrected chi connectivity index (χ0v) is 11.9. The molecule has 0 saturated carbocycles. The smallest absolute Gasteiger partial charge is 0.263 e. The third kappa shape index (κ3) is 2.32. The molecule has 0 amide bonds. The van der Waals surface area contributed by atoms with Crippen LogP contribution in [0.4, 0.5) is 8.78 Å². The van der Waals surface area contributed by atoms with Crippen LogP contribution < -0.4 is 9.47 Å². The molecule has 0 atom stereocenters. The highest BCUT2D eigenvalue weighted by atomic mass is 19.1. The normalized spacial score (nSPS) is 10.9. The number of halogens is 2. The SMILES string of the molecule is COc1cn2c(Cc3c(F)cccc3F)nnc2c(OC)n1. The largest absolute Gasteiger partial charge is 0.480 e. The molecule has 8 heteroatoms. The van der Waals surface area contributed by atoms with Gasteiger partial charge in [0.2, 0.25) is 11.5 Å². The van der Waals surface area contributed by atoms with Crippen LogP contribution in [0, 0.1) is 11.6 Å². The van der Waals surface area contributed by atoms with Gasteiger partial charge >= 0.3 is 0 Å². The van der Waals surface area contributed by atoms with Crippen molar-refractivity contribution in [3.05, 3.63) is 47.4 Å². The highest BCUT2D eigenvalue weighted by molar-refractivity contribution is 5.50. The van der Waals surface area contributed by atoms with Gasteiger partial charge in [0.25, 0.3) is 5.88 Å². The second-order valence-corrected chi connectivity index (χ2v) is 4.48. The topological polar surface area (TPSA) is 61.5 Å². The molecule has 0 fully saturated rings. The van der Waals surface area contributed by atoms with E-state index < -0.39 is 11.6 Å². The molecule has 2 heterocycles. The highest BCUT2D eigenvalue weighted by Gasteiger charge is 2.17. The number of methoxy groups -OCH3 is 2. The molecule has 114 valence electrons. The Morgan fingerprint density at radius 2 is 1.82 bits per heavy atom. The number of ether oxygens (including phenoxy) is 2. The van der Waals surface area contributed by atoms with Crippen molar-refractivity contribution < 1.29 is 18.3 Å². The number of aromatic nitrogens is 4. The molecule has 0 aliphatic heterocycles. The maximum absolute atomic E-state index is 13.8. The van der Waals surface area contributed by atoms with Crippen LogP contribution in [0.5, 0.6) is 11.8 Å². The summed E-state index contributed by atoms with van der Waals surface area (Å²) in [6.07, 6.45) is 1.47. The summed E-state index contributed by atoms with van der Waals surface area (Å²) in [5.74, 6) is -0.431. The predicted octanol–water partition coefficient (Wildman–Crippen LogP) is 2.01. The van der Waals surface area contributed by atoms with Gasteiger partial charge in [-0.1, -0.05) is 6.07 Å². The van der Waals surface area contributed by atoms with Gasteiger partial charge in [-0.3, -0.25) is 4.40 Å². The van der Waals surface area contributed by atoms with Crippen LogP contribution in [-0.4, -0.2) is 33.8 Å². The minimum atomic E-state index is -0.635. The third-order valence-electron chi connectivity index (χ3n) is 3.21. The number of hydrogen-bond acceptors (Lipinski definition) is 5. The first-order valence-electron chi connectivity index (χ1n) is 6.39. The standard InChI is InChI=1S/C14H12F2N4O2/c1-21-12-7-20-11(18-19-13(20)14(17-12)22-2)6-8-9(15)4-3-5-10(8)16/h3-5,7H,6H2,1-2H3. The van der Waals surface area contributed by atoms with Gasteiger partial charge in [0.15, 0.2) is 0 Å². The second-order valence-electron chi connectivity index (χ2n) is 4.48. The second kappa shape index (κ2) is 5.55. The molecule has 1 aromatic carbocycles. The minimum Gasteiger partial charge on any atom is -0.480 e. The average Bonchev–Trinajstić information content (AvgIpc) is 2.93. The van der Waals surface area contributed by atoms with Crippen LogP contribution in [0.25, 0.3) is 5.65 Å². The van der Waals surface area contributed by atoms with E-state index in [9.17, 15) is 8.78 Å². The van der Waals surface area contributed by atoms with Crippen molar-refractivity contribution in [1.82, 2.24) is 19.6 Å². The number of fused-ring (bicyclic) bond motifs is 1. The maximum Gasteiger partial charge on any atom is 0.263 e. The summed E-state index contributed by atoms with van der Waals surface area (Å²) in [4.78, 5) is 4.08. The maximum atomic E-state index is 13.8. The molecule has 0 spiro atoms. The molecule has 22 heavy (non-hydrogen) atoms. The molecule has 3 rings (SSSR count). The molecule has 2 aromatic heterocycles. The van der Waals surface area contributed by atoms with Gasteiger partial charge in [0.05, 0.1) is 20.4 Å². The Labute approximate surface area is 124 Å². The van der Waals surface area contributed by atoms with Crippen molar-refractivity contribution in [1.29, 1.82) is 0 Å². The predicted molar refractivity (Wildman–Crippen MR) is 73.1 cm³/mol. The Bertz CT molecular complexity index is 815. The molecule has 0 radical (unpaired) electrons. The van der Waals surface area contributed by atoms with Crippen LogP contribution in [0.2, 0.25) is 0 Å². The summed E-state index contributed by atoms with van der Waals surface area (Å²) in [6.45, 7) is 0. The first kappa shape index (κ1) is 14.2. The van der Waals surface area contributed by atoms with Crippen molar-refractivity contribution in [2.45, 2.75) is 6.42 Å². The highest BCUT2D eigenvalue weighted by Crippen LogP contribution is 2.22. The fraction of sp³-hybridized carbons (Fsp3) is 0.214. The van der Waals surface area contributed by atoms with Crippen LogP contribution in [0.3, 0.4) is 0 Å². The molecule has 0 aliphatic rings. The fourth-order valence-electron chi connectivity index (χ4n) is 2.11. The molecular formula is C14H12F2N4O2. The number of nitrogens with zero attached hydrogens (tertiary/aromatic N) is 4. The summed E-state index contributed by atoms with van der Waals surface area (Å²) >= 11 is 0. The van der Waals surface area contributed by atoms with E-state index in [0.717, 1.165) is 0 Å². The number of hydrogen-bond donors (Lipinski definition) is 0. The molecule has 6 nitrogen and oxygen atoms in total. The van der Waals surface area contributed by atoms with Gasteiger partial charge in [0, 0.05) is 12.0 Å². The van der Waals surface area contributed by atoms with E-state index in [4.69, 9.17) is 9.47 Å². The Hall–Kier alpha value is -2.77.